The summed E-state index contributed by atoms with van der Waals surface area (Å²) in [4.78, 5) is 19.8. The van der Waals surface area contributed by atoms with E-state index in [0.717, 1.165) is 23.7 Å². The third-order valence-electron chi connectivity index (χ3n) is 4.89. The van der Waals surface area contributed by atoms with E-state index in [1.165, 1.54) is 11.1 Å². The van der Waals surface area contributed by atoms with Crippen molar-refractivity contribution >= 4 is 16.8 Å². The molecule has 1 atom stereocenters. The monoisotopic (exact) mass is 339 g/mol. The highest BCUT2D eigenvalue weighted by Crippen LogP contribution is 2.39. The Morgan fingerprint density at radius 1 is 1.40 bits per heavy atom. The number of aliphatic hydroxyl groups is 1. The topological polar surface area (TPSA) is 107 Å². The Kier molecular flexibility index (Phi) is 3.80. The van der Waals surface area contributed by atoms with Crippen LogP contribution in [0.25, 0.3) is 10.9 Å². The number of aromatic amines is 2. The highest BCUT2D eigenvalue weighted by Gasteiger charge is 2.33. The number of aliphatic hydroxyl groups excluding tert-OH is 1. The number of benzene rings is 1. The summed E-state index contributed by atoms with van der Waals surface area (Å²) in [7, 11) is 0. The van der Waals surface area contributed by atoms with E-state index in [1.54, 1.807) is 0 Å². The molecule has 2 heterocycles. The highest BCUT2D eigenvalue weighted by atomic mass is 16.3. The van der Waals surface area contributed by atoms with E-state index in [0.29, 0.717) is 17.3 Å². The van der Waals surface area contributed by atoms with Crippen LogP contribution in [0.5, 0.6) is 0 Å². The van der Waals surface area contributed by atoms with Crippen LogP contribution in [-0.4, -0.2) is 31.2 Å². The molecule has 25 heavy (non-hydrogen) atoms. The molecule has 4 rings (SSSR count). The van der Waals surface area contributed by atoms with Crippen molar-refractivity contribution < 1.29 is 9.90 Å². The fourth-order valence-electron chi connectivity index (χ4n) is 2.98. The molecular formula is C18H21N5O2. The predicted octanol–water partition coefficient (Wildman–Crippen LogP) is 2.28. The summed E-state index contributed by atoms with van der Waals surface area (Å²) >= 11 is 0. The van der Waals surface area contributed by atoms with Gasteiger partial charge in [-0.15, -0.1) is 0 Å². The molecule has 1 aromatic carbocycles. The summed E-state index contributed by atoms with van der Waals surface area (Å²) in [5, 5.41) is 20.7. The Bertz CT molecular complexity index is 938. The summed E-state index contributed by atoms with van der Waals surface area (Å²) in [6, 6.07) is 5.89. The summed E-state index contributed by atoms with van der Waals surface area (Å²) in [6.45, 7) is 4.34. The molecule has 3 aromatic rings. The molecule has 1 aliphatic carbocycles. The summed E-state index contributed by atoms with van der Waals surface area (Å²) < 4.78 is 0. The van der Waals surface area contributed by atoms with E-state index in [1.807, 2.05) is 18.2 Å². The van der Waals surface area contributed by atoms with Gasteiger partial charge in [-0.2, -0.15) is 5.10 Å². The fourth-order valence-corrected chi connectivity index (χ4v) is 2.98. The molecular weight excluding hydrogens is 318 g/mol. The van der Waals surface area contributed by atoms with Gasteiger partial charge in [0.1, 0.15) is 17.6 Å². The number of aryl methyl sites for hydroxylation is 2. The second-order valence-corrected chi connectivity index (χ2v) is 6.76. The lowest BCUT2D eigenvalue weighted by molar-refractivity contribution is 0.0945. The molecule has 1 fully saturated rings. The number of hydrogen-bond acceptors (Lipinski definition) is 4. The first-order valence-electron chi connectivity index (χ1n) is 8.49. The first-order valence-corrected chi connectivity index (χ1v) is 8.49. The minimum Gasteiger partial charge on any atom is -0.385 e. The van der Waals surface area contributed by atoms with Crippen molar-refractivity contribution in [3.63, 3.8) is 0 Å². The number of nitrogens with one attached hydrogen (secondary N) is 3. The highest BCUT2D eigenvalue weighted by molar-refractivity contribution is 5.99. The molecule has 1 aliphatic rings. The van der Waals surface area contributed by atoms with Crippen molar-refractivity contribution in [3.05, 3.63) is 46.7 Å². The fraction of sp³-hybridized carbons (Fsp3) is 0.389. The van der Waals surface area contributed by atoms with E-state index in [2.05, 4.69) is 39.3 Å². The van der Waals surface area contributed by atoms with E-state index in [9.17, 15) is 9.90 Å². The second kappa shape index (κ2) is 6.00. The molecule has 2 aromatic heterocycles. The minimum absolute atomic E-state index is 0.200. The normalized spacial score (nSPS) is 15.5. The molecule has 1 amide bonds. The first-order chi connectivity index (χ1) is 12.0. The van der Waals surface area contributed by atoms with Crippen molar-refractivity contribution in [3.8, 4) is 0 Å². The molecule has 1 unspecified atom stereocenters. The third kappa shape index (κ3) is 3.02. The lowest BCUT2D eigenvalue weighted by Gasteiger charge is -2.02. The molecule has 1 saturated carbocycles. The Hall–Kier alpha value is -2.67. The zero-order valence-corrected chi connectivity index (χ0v) is 14.3. The van der Waals surface area contributed by atoms with Crippen molar-refractivity contribution in [2.24, 2.45) is 5.92 Å². The number of fused-ring (bicyclic) bond motifs is 1. The number of amides is 1. The Balaban J connectivity index is 1.44. The van der Waals surface area contributed by atoms with Gasteiger partial charge in [0.05, 0.1) is 6.54 Å². The lowest BCUT2D eigenvalue weighted by Crippen LogP contribution is -2.23. The van der Waals surface area contributed by atoms with Gasteiger partial charge in [0.25, 0.3) is 5.91 Å². The molecule has 0 spiro atoms. The number of rotatable bonds is 5. The van der Waals surface area contributed by atoms with Gasteiger partial charge in [0.2, 0.25) is 0 Å². The van der Waals surface area contributed by atoms with E-state index in [-0.39, 0.29) is 18.4 Å². The zero-order chi connectivity index (χ0) is 17.6. The second-order valence-electron chi connectivity index (χ2n) is 6.76. The van der Waals surface area contributed by atoms with Crippen molar-refractivity contribution in [1.29, 1.82) is 0 Å². The third-order valence-corrected chi connectivity index (χ3v) is 4.89. The van der Waals surface area contributed by atoms with Gasteiger partial charge >= 0.3 is 0 Å². The number of hydrogen-bond donors (Lipinski definition) is 4. The molecule has 0 saturated heterocycles. The maximum Gasteiger partial charge on any atom is 0.268 e. The van der Waals surface area contributed by atoms with Gasteiger partial charge in [0.15, 0.2) is 5.82 Å². The molecule has 7 nitrogen and oxygen atoms in total. The molecule has 0 radical (unpaired) electrons. The quantitative estimate of drug-likeness (QED) is 0.572. The zero-order valence-electron chi connectivity index (χ0n) is 14.3. The van der Waals surface area contributed by atoms with E-state index >= 15 is 0 Å². The van der Waals surface area contributed by atoms with Gasteiger partial charge < -0.3 is 15.4 Å². The van der Waals surface area contributed by atoms with Crippen LogP contribution < -0.4 is 5.32 Å². The van der Waals surface area contributed by atoms with Gasteiger partial charge in [-0.3, -0.25) is 9.89 Å². The lowest BCUT2D eigenvalue weighted by atomic mass is 10.1. The smallest absolute Gasteiger partial charge is 0.268 e. The number of carbonyl (C=O) groups is 1. The van der Waals surface area contributed by atoms with Crippen LogP contribution >= 0.6 is 0 Å². The largest absolute Gasteiger partial charge is 0.385 e. The van der Waals surface area contributed by atoms with Crippen molar-refractivity contribution in [2.45, 2.75) is 39.3 Å². The predicted molar refractivity (Wildman–Crippen MR) is 93.0 cm³/mol. The molecule has 0 aliphatic heterocycles. The van der Waals surface area contributed by atoms with Crippen LogP contribution in [0.2, 0.25) is 0 Å². The number of H-pyrrole nitrogens is 2. The van der Waals surface area contributed by atoms with Crippen molar-refractivity contribution in [1.82, 2.24) is 25.5 Å². The Morgan fingerprint density at radius 3 is 2.96 bits per heavy atom. The van der Waals surface area contributed by atoms with Gasteiger partial charge in [-0.25, -0.2) is 4.98 Å². The number of aromatic nitrogens is 4. The first kappa shape index (κ1) is 15.8. The Morgan fingerprint density at radius 2 is 2.20 bits per heavy atom. The van der Waals surface area contributed by atoms with Crippen LogP contribution in [0.4, 0.5) is 0 Å². The molecule has 130 valence electrons. The van der Waals surface area contributed by atoms with E-state index < -0.39 is 6.10 Å². The standard InChI is InChI=1S/C18H21N5O2/c1-9-3-6-13-12(10(9)2)7-14(20-13)18(25)19-8-15-21-17(23-22-15)16(24)11-4-5-11/h3,6-7,11,16,20,24H,4-5,8H2,1-2H3,(H,19,25)(H,21,22,23). The van der Waals surface area contributed by atoms with Crippen LogP contribution in [0, 0.1) is 19.8 Å². The molecule has 0 bridgehead atoms. The molecule has 7 heteroatoms. The van der Waals surface area contributed by atoms with Crippen LogP contribution in [0.15, 0.2) is 18.2 Å². The number of nitrogens with zero attached hydrogens (tertiary/aromatic N) is 2. The number of carbonyl (C=O) groups excluding carboxylic acids is 1. The van der Waals surface area contributed by atoms with E-state index in [4.69, 9.17) is 0 Å². The van der Waals surface area contributed by atoms with Crippen LogP contribution in [0.3, 0.4) is 0 Å². The van der Waals surface area contributed by atoms with Crippen LogP contribution in [-0.2, 0) is 6.54 Å². The van der Waals surface area contributed by atoms with Gasteiger partial charge in [0, 0.05) is 10.9 Å². The maximum atomic E-state index is 12.4. The van der Waals surface area contributed by atoms with Gasteiger partial charge in [-0.05, 0) is 55.9 Å². The summed E-state index contributed by atoms with van der Waals surface area (Å²) in [6.07, 6.45) is 1.42. The SMILES string of the molecule is Cc1ccc2[nH]c(C(=O)NCc3nc(C(O)C4CC4)n[nH]3)cc2c1C. The average molecular weight is 339 g/mol. The summed E-state index contributed by atoms with van der Waals surface area (Å²) in [5.74, 6) is 1.01. The average Bonchev–Trinajstić information content (AvgIpc) is 3.18. The Labute approximate surface area is 144 Å². The van der Waals surface area contributed by atoms with Crippen molar-refractivity contribution in [2.75, 3.05) is 0 Å². The van der Waals surface area contributed by atoms with Gasteiger partial charge in [-0.1, -0.05) is 6.07 Å². The summed E-state index contributed by atoms with van der Waals surface area (Å²) in [5.41, 5.74) is 3.83. The van der Waals surface area contributed by atoms with Crippen LogP contribution in [0.1, 0.15) is 52.2 Å². The maximum absolute atomic E-state index is 12.4. The molecule has 4 N–H and O–H groups in total. The minimum atomic E-state index is -0.611.